The molecule has 1 aromatic heterocycles. The number of fused-ring (bicyclic) bond motifs is 1. The highest BCUT2D eigenvalue weighted by Gasteiger charge is 2.09. The Balaban J connectivity index is 2.68. The number of carboxylic acid groups (broad SMARTS) is 1. The minimum absolute atomic E-state index is 0.917. The van der Waals surface area contributed by atoms with E-state index in [9.17, 15) is 4.79 Å². The molecule has 0 aliphatic rings. The van der Waals surface area contributed by atoms with Crippen LogP contribution in [-0.2, 0) is 11.8 Å². The summed E-state index contributed by atoms with van der Waals surface area (Å²) in [7, 11) is 1.94. The van der Waals surface area contributed by atoms with Crippen LogP contribution in [0.15, 0.2) is 28.7 Å². The Morgan fingerprint density at radius 2 is 2.18 bits per heavy atom. The molecular weight excluding hydrogens is 282 g/mol. The molecule has 0 saturated carbocycles. The van der Waals surface area contributed by atoms with Crippen molar-refractivity contribution in [3.8, 4) is 0 Å². The monoisotopic (exact) mass is 293 g/mol. The van der Waals surface area contributed by atoms with Gasteiger partial charge in [0.25, 0.3) is 0 Å². The molecule has 3 nitrogen and oxygen atoms in total. The Kier molecular flexibility index (Phi) is 3.07. The second kappa shape index (κ2) is 4.37. The van der Waals surface area contributed by atoms with E-state index in [1.54, 1.807) is 6.08 Å². The van der Waals surface area contributed by atoms with E-state index in [4.69, 9.17) is 5.11 Å². The SMILES string of the molecule is Cc1c(/C=C/C(=O)O)n(C)c2ccc(Br)cc12. The molecule has 0 amide bonds. The third-order valence-electron chi connectivity index (χ3n) is 2.85. The molecule has 4 heteroatoms. The zero-order valence-electron chi connectivity index (χ0n) is 9.57. The first-order valence-corrected chi connectivity index (χ1v) is 5.95. The fraction of sp³-hybridized carbons (Fsp3) is 0.154. The molecule has 0 saturated heterocycles. The standard InChI is InChI=1S/C13H12BrNO2/c1-8-10-7-9(14)3-4-12(10)15(2)11(8)5-6-13(16)17/h3-7H,1-2H3,(H,16,17)/b6-5+. The normalized spacial score (nSPS) is 11.5. The zero-order valence-corrected chi connectivity index (χ0v) is 11.2. The quantitative estimate of drug-likeness (QED) is 0.863. The summed E-state index contributed by atoms with van der Waals surface area (Å²) in [5, 5.41) is 9.80. The van der Waals surface area contributed by atoms with E-state index in [-0.39, 0.29) is 0 Å². The van der Waals surface area contributed by atoms with Gasteiger partial charge in [0.1, 0.15) is 0 Å². The number of rotatable bonds is 2. The van der Waals surface area contributed by atoms with E-state index in [0.29, 0.717) is 0 Å². The van der Waals surface area contributed by atoms with Crippen molar-refractivity contribution in [1.29, 1.82) is 0 Å². The van der Waals surface area contributed by atoms with Crippen molar-refractivity contribution in [3.63, 3.8) is 0 Å². The number of hydrogen-bond donors (Lipinski definition) is 1. The highest BCUT2D eigenvalue weighted by atomic mass is 79.9. The third-order valence-corrected chi connectivity index (χ3v) is 3.35. The summed E-state index contributed by atoms with van der Waals surface area (Å²) in [6, 6.07) is 6.04. The van der Waals surface area contributed by atoms with Gasteiger partial charge in [-0.3, -0.25) is 0 Å². The first-order chi connectivity index (χ1) is 8.00. The summed E-state index contributed by atoms with van der Waals surface area (Å²) in [6.45, 7) is 2.00. The van der Waals surface area contributed by atoms with Crippen molar-refractivity contribution in [3.05, 3.63) is 40.0 Å². The van der Waals surface area contributed by atoms with E-state index in [1.165, 1.54) is 0 Å². The van der Waals surface area contributed by atoms with Gasteiger partial charge in [0.15, 0.2) is 0 Å². The first kappa shape index (κ1) is 11.9. The van der Waals surface area contributed by atoms with E-state index in [0.717, 1.165) is 32.7 Å². The van der Waals surface area contributed by atoms with E-state index in [1.807, 2.05) is 36.7 Å². The van der Waals surface area contributed by atoms with E-state index >= 15 is 0 Å². The lowest BCUT2D eigenvalue weighted by atomic mass is 10.1. The van der Waals surface area contributed by atoms with Gasteiger partial charge in [-0.2, -0.15) is 0 Å². The molecule has 0 aliphatic carbocycles. The van der Waals surface area contributed by atoms with Crippen LogP contribution in [0.4, 0.5) is 0 Å². The molecule has 2 rings (SSSR count). The molecule has 2 aromatic rings. The molecule has 0 unspecified atom stereocenters. The summed E-state index contributed by atoms with van der Waals surface area (Å²) < 4.78 is 3.02. The van der Waals surface area contributed by atoms with E-state index in [2.05, 4.69) is 15.9 Å². The molecule has 0 aliphatic heterocycles. The summed E-state index contributed by atoms with van der Waals surface area (Å²) in [4.78, 5) is 10.6. The summed E-state index contributed by atoms with van der Waals surface area (Å²) in [5.74, 6) is -0.934. The van der Waals surface area contributed by atoms with Gasteiger partial charge in [-0.05, 0) is 36.8 Å². The number of hydrogen-bond acceptors (Lipinski definition) is 1. The number of halogens is 1. The van der Waals surface area contributed by atoms with Gasteiger partial charge in [0, 0.05) is 34.2 Å². The topological polar surface area (TPSA) is 42.2 Å². The van der Waals surface area contributed by atoms with Gasteiger partial charge in [0.2, 0.25) is 0 Å². The highest BCUT2D eigenvalue weighted by molar-refractivity contribution is 9.10. The Morgan fingerprint density at radius 1 is 1.47 bits per heavy atom. The van der Waals surface area contributed by atoms with Gasteiger partial charge in [-0.15, -0.1) is 0 Å². The van der Waals surface area contributed by atoms with Crippen molar-refractivity contribution in [2.24, 2.45) is 7.05 Å². The van der Waals surface area contributed by atoms with Crippen LogP contribution in [0.3, 0.4) is 0 Å². The fourth-order valence-electron chi connectivity index (χ4n) is 2.01. The molecule has 1 N–H and O–H groups in total. The predicted octanol–water partition coefficient (Wildman–Crippen LogP) is 3.35. The van der Waals surface area contributed by atoms with Crippen LogP contribution in [0.25, 0.3) is 17.0 Å². The van der Waals surface area contributed by atoms with Crippen molar-refractivity contribution < 1.29 is 9.90 Å². The van der Waals surface area contributed by atoms with Crippen LogP contribution in [0.2, 0.25) is 0 Å². The molecule has 0 fully saturated rings. The Bertz CT molecular complexity index is 626. The lowest BCUT2D eigenvalue weighted by molar-refractivity contribution is -0.131. The molecule has 88 valence electrons. The minimum Gasteiger partial charge on any atom is -0.478 e. The molecule has 17 heavy (non-hydrogen) atoms. The summed E-state index contributed by atoms with van der Waals surface area (Å²) in [6.07, 6.45) is 2.79. The smallest absolute Gasteiger partial charge is 0.328 e. The maximum Gasteiger partial charge on any atom is 0.328 e. The van der Waals surface area contributed by atoms with Gasteiger partial charge in [0.05, 0.1) is 0 Å². The van der Waals surface area contributed by atoms with Gasteiger partial charge < -0.3 is 9.67 Å². The second-order valence-electron chi connectivity index (χ2n) is 3.90. The van der Waals surface area contributed by atoms with Crippen LogP contribution < -0.4 is 0 Å². The number of carbonyl (C=O) groups is 1. The first-order valence-electron chi connectivity index (χ1n) is 5.16. The minimum atomic E-state index is -0.934. The summed E-state index contributed by atoms with van der Waals surface area (Å²) >= 11 is 3.44. The van der Waals surface area contributed by atoms with Crippen LogP contribution in [0.5, 0.6) is 0 Å². The number of aromatic nitrogens is 1. The largest absolute Gasteiger partial charge is 0.478 e. The Hall–Kier alpha value is -1.55. The highest BCUT2D eigenvalue weighted by Crippen LogP contribution is 2.28. The fourth-order valence-corrected chi connectivity index (χ4v) is 2.37. The summed E-state index contributed by atoms with van der Waals surface area (Å²) in [5.41, 5.74) is 3.09. The second-order valence-corrected chi connectivity index (χ2v) is 4.82. The van der Waals surface area contributed by atoms with Crippen molar-refractivity contribution in [1.82, 2.24) is 4.57 Å². The molecule has 0 bridgehead atoms. The maximum atomic E-state index is 10.6. The zero-order chi connectivity index (χ0) is 12.6. The number of benzene rings is 1. The number of aryl methyl sites for hydroxylation is 2. The van der Waals surface area contributed by atoms with Crippen molar-refractivity contribution in [2.45, 2.75) is 6.92 Å². The number of nitrogens with zero attached hydrogens (tertiary/aromatic N) is 1. The van der Waals surface area contributed by atoms with Crippen molar-refractivity contribution in [2.75, 3.05) is 0 Å². The molecule has 1 aromatic carbocycles. The predicted molar refractivity (Wildman–Crippen MR) is 72.0 cm³/mol. The van der Waals surface area contributed by atoms with Crippen LogP contribution >= 0.6 is 15.9 Å². The lowest BCUT2D eigenvalue weighted by Gasteiger charge is -1.99. The third kappa shape index (κ3) is 2.13. The molecule has 0 spiro atoms. The van der Waals surface area contributed by atoms with E-state index < -0.39 is 5.97 Å². The van der Waals surface area contributed by atoms with Crippen LogP contribution in [-0.4, -0.2) is 15.6 Å². The Labute approximate surface area is 107 Å². The average molecular weight is 294 g/mol. The maximum absolute atomic E-state index is 10.6. The average Bonchev–Trinajstić information content (AvgIpc) is 2.49. The molecule has 0 atom stereocenters. The molecule has 1 heterocycles. The lowest BCUT2D eigenvalue weighted by Crippen LogP contribution is -1.93. The van der Waals surface area contributed by atoms with Crippen LogP contribution in [0.1, 0.15) is 11.3 Å². The van der Waals surface area contributed by atoms with Gasteiger partial charge >= 0.3 is 5.97 Å². The molecular formula is C13H12BrNO2. The Morgan fingerprint density at radius 3 is 2.82 bits per heavy atom. The number of carboxylic acids is 1. The van der Waals surface area contributed by atoms with Crippen LogP contribution in [0, 0.1) is 6.92 Å². The van der Waals surface area contributed by atoms with Gasteiger partial charge in [-0.1, -0.05) is 15.9 Å². The van der Waals surface area contributed by atoms with Crippen molar-refractivity contribution >= 4 is 38.9 Å². The molecule has 0 radical (unpaired) electrons. The number of aliphatic carboxylic acids is 1. The van der Waals surface area contributed by atoms with Gasteiger partial charge in [-0.25, -0.2) is 4.79 Å².